The molecule has 5 nitrogen and oxygen atoms in total. The highest BCUT2D eigenvalue weighted by Crippen LogP contribution is 2.34. The summed E-state index contributed by atoms with van der Waals surface area (Å²) in [6.07, 6.45) is 2.69. The molecule has 0 saturated heterocycles. The van der Waals surface area contributed by atoms with Gasteiger partial charge < -0.3 is 15.2 Å². The fraction of sp³-hybridized carbons (Fsp3) is 0.857. The van der Waals surface area contributed by atoms with Gasteiger partial charge in [0.1, 0.15) is 5.60 Å². The Morgan fingerprint density at radius 2 is 1.84 bits per heavy atom. The maximum atomic E-state index is 11.9. The van der Waals surface area contributed by atoms with Crippen molar-refractivity contribution in [3.63, 3.8) is 0 Å². The van der Waals surface area contributed by atoms with Crippen molar-refractivity contribution in [3.8, 4) is 0 Å². The summed E-state index contributed by atoms with van der Waals surface area (Å²) in [7, 11) is 0. The van der Waals surface area contributed by atoms with E-state index in [0.717, 1.165) is 12.8 Å². The molecule has 0 atom stereocenters. The summed E-state index contributed by atoms with van der Waals surface area (Å²) in [4.78, 5) is 22.9. The van der Waals surface area contributed by atoms with E-state index < -0.39 is 23.2 Å². The minimum absolute atomic E-state index is 0.0427. The Balaban J connectivity index is 2.70. The van der Waals surface area contributed by atoms with Crippen molar-refractivity contribution in [1.29, 1.82) is 0 Å². The van der Waals surface area contributed by atoms with Crippen molar-refractivity contribution in [1.82, 2.24) is 5.32 Å². The molecule has 0 aromatic rings. The molecule has 0 aliphatic heterocycles. The van der Waals surface area contributed by atoms with Crippen LogP contribution in [0.3, 0.4) is 0 Å². The van der Waals surface area contributed by atoms with Crippen molar-refractivity contribution in [2.45, 2.75) is 70.9 Å². The zero-order valence-corrected chi connectivity index (χ0v) is 12.3. The van der Waals surface area contributed by atoms with E-state index in [0.29, 0.717) is 18.8 Å². The number of ether oxygens (including phenoxy) is 1. The third kappa shape index (κ3) is 5.49. The van der Waals surface area contributed by atoms with E-state index in [4.69, 9.17) is 9.84 Å². The summed E-state index contributed by atoms with van der Waals surface area (Å²) in [6.45, 7) is 7.52. The standard InChI is InChI=1S/C14H25NO4/c1-10-5-7-14(8-6-10,9-11(16)17)15-12(18)19-13(2,3)4/h10H,5-9H2,1-4H3,(H,15,18)(H,16,17). The van der Waals surface area contributed by atoms with E-state index in [1.807, 2.05) is 0 Å². The quantitative estimate of drug-likeness (QED) is 0.827. The average molecular weight is 271 g/mol. The number of hydrogen-bond donors (Lipinski definition) is 2. The third-order valence-electron chi connectivity index (χ3n) is 3.49. The SMILES string of the molecule is CC1CCC(CC(=O)O)(NC(=O)OC(C)(C)C)CC1. The summed E-state index contributed by atoms with van der Waals surface area (Å²) < 4.78 is 5.23. The first kappa shape index (κ1) is 15.8. The van der Waals surface area contributed by atoms with Crippen LogP contribution in [0.4, 0.5) is 4.79 Å². The molecule has 0 aromatic heterocycles. The van der Waals surface area contributed by atoms with Gasteiger partial charge in [-0.3, -0.25) is 4.79 Å². The lowest BCUT2D eigenvalue weighted by Crippen LogP contribution is -2.53. The Bertz CT molecular complexity index is 338. The van der Waals surface area contributed by atoms with Crippen LogP contribution < -0.4 is 5.32 Å². The fourth-order valence-electron chi connectivity index (χ4n) is 2.47. The number of carbonyl (C=O) groups excluding carboxylic acids is 1. The minimum atomic E-state index is -0.884. The molecule has 5 heteroatoms. The summed E-state index contributed by atoms with van der Waals surface area (Å²) in [5.74, 6) is -0.298. The van der Waals surface area contributed by atoms with Gasteiger partial charge in [0.2, 0.25) is 0 Å². The predicted molar refractivity (Wildman–Crippen MR) is 72.0 cm³/mol. The lowest BCUT2D eigenvalue weighted by Gasteiger charge is -2.39. The smallest absolute Gasteiger partial charge is 0.408 e. The van der Waals surface area contributed by atoms with Gasteiger partial charge in [-0.05, 0) is 52.4 Å². The highest BCUT2D eigenvalue weighted by Gasteiger charge is 2.38. The van der Waals surface area contributed by atoms with Crippen LogP contribution in [-0.4, -0.2) is 28.3 Å². The molecule has 0 aromatic carbocycles. The summed E-state index contributed by atoms with van der Waals surface area (Å²) in [5.41, 5.74) is -1.23. The molecule has 19 heavy (non-hydrogen) atoms. The van der Waals surface area contributed by atoms with E-state index in [9.17, 15) is 9.59 Å². The fourth-order valence-corrected chi connectivity index (χ4v) is 2.47. The Labute approximate surface area is 114 Å². The number of rotatable bonds is 3. The Morgan fingerprint density at radius 3 is 2.26 bits per heavy atom. The molecule has 2 N–H and O–H groups in total. The number of aliphatic carboxylic acids is 1. The molecule has 0 radical (unpaired) electrons. The molecule has 0 heterocycles. The van der Waals surface area contributed by atoms with Gasteiger partial charge >= 0.3 is 12.1 Å². The monoisotopic (exact) mass is 271 g/mol. The van der Waals surface area contributed by atoms with Crippen LogP contribution in [0.5, 0.6) is 0 Å². The lowest BCUT2D eigenvalue weighted by molar-refractivity contribution is -0.139. The van der Waals surface area contributed by atoms with Gasteiger partial charge in [0, 0.05) is 0 Å². The molecular weight excluding hydrogens is 246 g/mol. The molecule has 1 rings (SSSR count). The number of carbonyl (C=O) groups is 2. The van der Waals surface area contributed by atoms with Crippen molar-refractivity contribution in [3.05, 3.63) is 0 Å². The van der Waals surface area contributed by atoms with Crippen LogP contribution in [0.2, 0.25) is 0 Å². The summed E-state index contributed by atoms with van der Waals surface area (Å²) >= 11 is 0. The molecule has 1 saturated carbocycles. The van der Waals surface area contributed by atoms with Crippen molar-refractivity contribution < 1.29 is 19.4 Å². The predicted octanol–water partition coefficient (Wildman–Crippen LogP) is 2.93. The highest BCUT2D eigenvalue weighted by molar-refractivity contribution is 5.73. The maximum Gasteiger partial charge on any atom is 0.408 e. The first-order chi connectivity index (χ1) is 8.62. The normalized spacial score (nSPS) is 27.7. The molecule has 0 spiro atoms. The Hall–Kier alpha value is -1.26. The first-order valence-corrected chi connectivity index (χ1v) is 6.85. The van der Waals surface area contributed by atoms with Gasteiger partial charge in [-0.25, -0.2) is 4.79 Å². The van der Waals surface area contributed by atoms with Crippen LogP contribution >= 0.6 is 0 Å². The number of amides is 1. The molecule has 1 aliphatic carbocycles. The molecule has 1 aliphatic rings. The van der Waals surface area contributed by atoms with E-state index in [1.54, 1.807) is 20.8 Å². The van der Waals surface area contributed by atoms with E-state index in [-0.39, 0.29) is 6.42 Å². The third-order valence-corrected chi connectivity index (χ3v) is 3.49. The molecule has 1 amide bonds. The molecule has 0 bridgehead atoms. The second-order valence-corrected chi connectivity index (χ2v) is 6.66. The maximum absolute atomic E-state index is 11.9. The molecule has 0 unspecified atom stereocenters. The van der Waals surface area contributed by atoms with Crippen molar-refractivity contribution in [2.75, 3.05) is 0 Å². The highest BCUT2D eigenvalue weighted by atomic mass is 16.6. The molecule has 110 valence electrons. The van der Waals surface area contributed by atoms with Crippen LogP contribution in [-0.2, 0) is 9.53 Å². The molecular formula is C14H25NO4. The van der Waals surface area contributed by atoms with Crippen LogP contribution in [0.25, 0.3) is 0 Å². The Kier molecular flexibility index (Phi) is 4.82. The summed E-state index contributed by atoms with van der Waals surface area (Å²) in [5, 5.41) is 11.8. The van der Waals surface area contributed by atoms with Crippen LogP contribution in [0.1, 0.15) is 59.8 Å². The number of carboxylic acids is 1. The van der Waals surface area contributed by atoms with Gasteiger partial charge in [0.25, 0.3) is 0 Å². The van der Waals surface area contributed by atoms with E-state index in [2.05, 4.69) is 12.2 Å². The average Bonchev–Trinajstić information content (AvgIpc) is 2.18. The number of alkyl carbamates (subject to hydrolysis) is 1. The minimum Gasteiger partial charge on any atom is -0.481 e. The zero-order chi connectivity index (χ0) is 14.7. The second-order valence-electron chi connectivity index (χ2n) is 6.66. The van der Waals surface area contributed by atoms with Crippen LogP contribution in [0, 0.1) is 5.92 Å². The van der Waals surface area contributed by atoms with Crippen molar-refractivity contribution >= 4 is 12.1 Å². The van der Waals surface area contributed by atoms with Gasteiger partial charge in [-0.15, -0.1) is 0 Å². The number of hydrogen-bond acceptors (Lipinski definition) is 3. The van der Waals surface area contributed by atoms with Crippen LogP contribution in [0.15, 0.2) is 0 Å². The van der Waals surface area contributed by atoms with E-state index in [1.165, 1.54) is 0 Å². The van der Waals surface area contributed by atoms with Gasteiger partial charge in [-0.1, -0.05) is 6.92 Å². The lowest BCUT2D eigenvalue weighted by atomic mass is 9.75. The van der Waals surface area contributed by atoms with Crippen molar-refractivity contribution in [2.24, 2.45) is 5.92 Å². The zero-order valence-electron chi connectivity index (χ0n) is 12.3. The van der Waals surface area contributed by atoms with Gasteiger partial charge in [0.05, 0.1) is 12.0 Å². The number of carboxylic acid groups (broad SMARTS) is 1. The van der Waals surface area contributed by atoms with E-state index >= 15 is 0 Å². The van der Waals surface area contributed by atoms with Gasteiger partial charge in [0.15, 0.2) is 0 Å². The second kappa shape index (κ2) is 5.80. The Morgan fingerprint density at radius 1 is 1.32 bits per heavy atom. The molecule has 1 fully saturated rings. The number of nitrogens with one attached hydrogen (secondary N) is 1. The summed E-state index contributed by atoms with van der Waals surface area (Å²) in [6, 6.07) is 0. The topological polar surface area (TPSA) is 75.6 Å². The first-order valence-electron chi connectivity index (χ1n) is 6.85. The van der Waals surface area contributed by atoms with Gasteiger partial charge in [-0.2, -0.15) is 0 Å². The largest absolute Gasteiger partial charge is 0.481 e.